The van der Waals surface area contributed by atoms with Crippen LogP contribution in [0.5, 0.6) is 0 Å². The van der Waals surface area contributed by atoms with Gasteiger partial charge in [0.15, 0.2) is 0 Å². The fraction of sp³-hybridized carbons (Fsp3) is 0.417. The average molecular weight is 318 g/mol. The summed E-state index contributed by atoms with van der Waals surface area (Å²) in [7, 11) is -3.67. The van der Waals surface area contributed by atoms with Crippen molar-refractivity contribution in [1.29, 1.82) is 0 Å². The van der Waals surface area contributed by atoms with Crippen LogP contribution < -0.4 is 5.14 Å². The molecule has 110 valence electrons. The molecule has 8 heteroatoms. The van der Waals surface area contributed by atoms with Crippen molar-refractivity contribution < 1.29 is 13.2 Å². The van der Waals surface area contributed by atoms with E-state index in [1.165, 1.54) is 4.31 Å². The monoisotopic (exact) mass is 317 g/mol. The fourth-order valence-electron chi connectivity index (χ4n) is 2.11. The normalized spacial score (nSPS) is 17.2. The van der Waals surface area contributed by atoms with E-state index in [0.717, 1.165) is 5.56 Å². The highest BCUT2D eigenvalue weighted by molar-refractivity contribution is 7.86. The first-order valence-electron chi connectivity index (χ1n) is 6.17. The molecule has 2 rings (SSSR count). The summed E-state index contributed by atoms with van der Waals surface area (Å²) < 4.78 is 23.5. The van der Waals surface area contributed by atoms with E-state index in [1.807, 2.05) is 6.07 Å². The van der Waals surface area contributed by atoms with Gasteiger partial charge in [-0.25, -0.2) is 5.14 Å². The molecule has 0 radical (unpaired) electrons. The van der Waals surface area contributed by atoms with Gasteiger partial charge in [0.1, 0.15) is 0 Å². The standard InChI is InChI=1S/C12H16ClN3O3S/c13-11-4-2-1-3-10(11)9-12(17)15-5-7-16(8-6-15)20(14,18)19/h1-4H,5-9H2,(H2,14,18,19). The molecule has 0 aromatic heterocycles. The molecule has 2 N–H and O–H groups in total. The predicted octanol–water partition coefficient (Wildman–Crippen LogP) is 0.230. The van der Waals surface area contributed by atoms with Crippen molar-refractivity contribution in [2.24, 2.45) is 5.14 Å². The van der Waals surface area contributed by atoms with Crippen LogP contribution in [0.2, 0.25) is 5.02 Å². The van der Waals surface area contributed by atoms with Gasteiger partial charge in [0.25, 0.3) is 10.2 Å². The van der Waals surface area contributed by atoms with Gasteiger partial charge in [-0.05, 0) is 11.6 Å². The summed E-state index contributed by atoms with van der Waals surface area (Å²) in [6.07, 6.45) is 0.217. The summed E-state index contributed by atoms with van der Waals surface area (Å²) in [5.74, 6) is -0.0628. The van der Waals surface area contributed by atoms with Crippen molar-refractivity contribution >= 4 is 27.7 Å². The third-order valence-corrected chi connectivity index (χ3v) is 4.70. The second-order valence-electron chi connectivity index (χ2n) is 4.59. The van der Waals surface area contributed by atoms with Gasteiger partial charge in [-0.2, -0.15) is 12.7 Å². The lowest BCUT2D eigenvalue weighted by molar-refractivity contribution is -0.131. The topological polar surface area (TPSA) is 83.7 Å². The lowest BCUT2D eigenvalue weighted by atomic mass is 10.1. The molecular weight excluding hydrogens is 302 g/mol. The smallest absolute Gasteiger partial charge is 0.277 e. The number of benzene rings is 1. The minimum absolute atomic E-state index is 0.0628. The van der Waals surface area contributed by atoms with Gasteiger partial charge in [0.2, 0.25) is 5.91 Å². The van der Waals surface area contributed by atoms with E-state index in [1.54, 1.807) is 23.1 Å². The van der Waals surface area contributed by atoms with Gasteiger partial charge >= 0.3 is 0 Å². The molecule has 1 aromatic rings. The van der Waals surface area contributed by atoms with Crippen LogP contribution in [0.25, 0.3) is 0 Å². The molecule has 1 aliphatic rings. The van der Waals surface area contributed by atoms with Gasteiger partial charge < -0.3 is 4.90 Å². The lowest BCUT2D eigenvalue weighted by Crippen LogP contribution is -2.52. The Morgan fingerprint density at radius 3 is 2.35 bits per heavy atom. The molecule has 0 unspecified atom stereocenters. The largest absolute Gasteiger partial charge is 0.340 e. The highest BCUT2D eigenvalue weighted by Gasteiger charge is 2.26. The van der Waals surface area contributed by atoms with Crippen molar-refractivity contribution in [3.05, 3.63) is 34.9 Å². The number of rotatable bonds is 3. The first-order valence-corrected chi connectivity index (χ1v) is 8.05. The summed E-state index contributed by atoms with van der Waals surface area (Å²) in [5, 5.41) is 5.61. The molecule has 0 saturated carbocycles. The SMILES string of the molecule is NS(=O)(=O)N1CCN(C(=O)Cc2ccccc2Cl)CC1. The molecule has 0 spiro atoms. The average Bonchev–Trinajstić information content (AvgIpc) is 2.40. The van der Waals surface area contributed by atoms with Crippen LogP contribution in [-0.4, -0.2) is 49.7 Å². The fourth-order valence-corrected chi connectivity index (χ4v) is 2.98. The maximum atomic E-state index is 12.1. The highest BCUT2D eigenvalue weighted by Crippen LogP contribution is 2.16. The van der Waals surface area contributed by atoms with E-state index in [9.17, 15) is 13.2 Å². The number of nitrogens with zero attached hydrogens (tertiary/aromatic N) is 2. The summed E-state index contributed by atoms with van der Waals surface area (Å²) in [4.78, 5) is 13.8. The van der Waals surface area contributed by atoms with E-state index >= 15 is 0 Å². The van der Waals surface area contributed by atoms with Gasteiger partial charge in [-0.15, -0.1) is 0 Å². The zero-order valence-corrected chi connectivity index (χ0v) is 12.4. The summed E-state index contributed by atoms with van der Waals surface area (Å²) >= 11 is 6.02. The molecule has 1 amide bonds. The molecule has 0 bridgehead atoms. The van der Waals surface area contributed by atoms with Crippen LogP contribution in [0.1, 0.15) is 5.56 Å². The summed E-state index contributed by atoms with van der Waals surface area (Å²) in [6, 6.07) is 7.18. The quantitative estimate of drug-likeness (QED) is 0.866. The number of carbonyl (C=O) groups is 1. The minimum atomic E-state index is -3.67. The van der Waals surface area contributed by atoms with Crippen LogP contribution in [0.3, 0.4) is 0 Å². The van der Waals surface area contributed by atoms with Crippen LogP contribution in [0, 0.1) is 0 Å². The Bertz CT molecular complexity index is 598. The summed E-state index contributed by atoms with van der Waals surface area (Å²) in [6.45, 7) is 1.15. The van der Waals surface area contributed by atoms with E-state index in [0.29, 0.717) is 18.1 Å². The highest BCUT2D eigenvalue weighted by atomic mass is 35.5. The maximum Gasteiger partial charge on any atom is 0.277 e. The molecular formula is C12H16ClN3O3S. The van der Waals surface area contributed by atoms with Crippen LogP contribution >= 0.6 is 11.6 Å². The van der Waals surface area contributed by atoms with Crippen molar-refractivity contribution in [3.63, 3.8) is 0 Å². The Kier molecular flexibility index (Phi) is 4.64. The molecule has 1 fully saturated rings. The maximum absolute atomic E-state index is 12.1. The third-order valence-electron chi connectivity index (χ3n) is 3.25. The number of amides is 1. The Morgan fingerprint density at radius 2 is 1.80 bits per heavy atom. The Hall–Kier alpha value is -1.15. The summed E-state index contributed by atoms with van der Waals surface area (Å²) in [5.41, 5.74) is 0.771. The Balaban J connectivity index is 1.94. The van der Waals surface area contributed by atoms with Crippen molar-refractivity contribution in [2.45, 2.75) is 6.42 Å². The van der Waals surface area contributed by atoms with E-state index in [-0.39, 0.29) is 25.4 Å². The van der Waals surface area contributed by atoms with Crippen LogP contribution in [0.4, 0.5) is 0 Å². The second kappa shape index (κ2) is 6.09. The Labute approximate surface area is 123 Å². The van der Waals surface area contributed by atoms with Gasteiger partial charge in [-0.1, -0.05) is 29.8 Å². The van der Waals surface area contributed by atoms with Gasteiger partial charge in [0.05, 0.1) is 6.42 Å². The number of carbonyl (C=O) groups excluding carboxylic acids is 1. The van der Waals surface area contributed by atoms with E-state index in [4.69, 9.17) is 16.7 Å². The lowest BCUT2D eigenvalue weighted by Gasteiger charge is -2.33. The first kappa shape index (κ1) is 15.2. The zero-order chi connectivity index (χ0) is 14.8. The van der Waals surface area contributed by atoms with Gasteiger partial charge in [-0.3, -0.25) is 4.79 Å². The predicted molar refractivity (Wildman–Crippen MR) is 76.4 cm³/mol. The number of hydrogen-bond acceptors (Lipinski definition) is 3. The van der Waals surface area contributed by atoms with E-state index < -0.39 is 10.2 Å². The Morgan fingerprint density at radius 1 is 1.20 bits per heavy atom. The molecule has 6 nitrogen and oxygen atoms in total. The molecule has 1 aromatic carbocycles. The molecule has 1 heterocycles. The number of nitrogens with two attached hydrogens (primary N) is 1. The minimum Gasteiger partial charge on any atom is -0.340 e. The van der Waals surface area contributed by atoms with Crippen molar-refractivity contribution in [2.75, 3.05) is 26.2 Å². The van der Waals surface area contributed by atoms with E-state index in [2.05, 4.69) is 0 Å². The number of piperazine rings is 1. The molecule has 1 saturated heterocycles. The molecule has 1 aliphatic heterocycles. The van der Waals surface area contributed by atoms with Crippen molar-refractivity contribution in [3.8, 4) is 0 Å². The van der Waals surface area contributed by atoms with Crippen LogP contribution in [-0.2, 0) is 21.4 Å². The van der Waals surface area contributed by atoms with Crippen LogP contribution in [0.15, 0.2) is 24.3 Å². The molecule has 20 heavy (non-hydrogen) atoms. The number of halogens is 1. The second-order valence-corrected chi connectivity index (χ2v) is 6.55. The third kappa shape index (κ3) is 3.69. The van der Waals surface area contributed by atoms with Gasteiger partial charge in [0, 0.05) is 31.2 Å². The number of hydrogen-bond donors (Lipinski definition) is 1. The molecule has 0 atom stereocenters. The molecule has 0 aliphatic carbocycles. The first-order chi connectivity index (χ1) is 9.38. The zero-order valence-electron chi connectivity index (χ0n) is 10.8. The van der Waals surface area contributed by atoms with Crippen molar-refractivity contribution in [1.82, 2.24) is 9.21 Å².